The Morgan fingerprint density at radius 1 is 1.44 bits per heavy atom. The Morgan fingerprint density at radius 2 is 2.11 bits per heavy atom. The highest BCUT2D eigenvalue weighted by Crippen LogP contribution is 2.47. The summed E-state index contributed by atoms with van der Waals surface area (Å²) in [7, 11) is 2.24. The fraction of sp³-hybridized carbons (Fsp3) is 0.733. The molecule has 1 heterocycles. The van der Waals surface area contributed by atoms with Gasteiger partial charge in [-0.3, -0.25) is 4.90 Å². The van der Waals surface area contributed by atoms with E-state index in [0.717, 1.165) is 18.4 Å². The van der Waals surface area contributed by atoms with Crippen LogP contribution in [-0.2, 0) is 0 Å². The maximum absolute atomic E-state index is 6.08. The van der Waals surface area contributed by atoms with E-state index in [0.29, 0.717) is 6.04 Å². The van der Waals surface area contributed by atoms with Crippen molar-refractivity contribution in [3.8, 4) is 0 Å². The van der Waals surface area contributed by atoms with E-state index in [1.807, 2.05) is 11.3 Å². The fourth-order valence-corrected chi connectivity index (χ4v) is 3.94. The normalized spacial score (nSPS) is 29.6. The third-order valence-corrected chi connectivity index (χ3v) is 5.93. The van der Waals surface area contributed by atoms with Gasteiger partial charge in [0.15, 0.2) is 0 Å². The average molecular weight is 266 g/mol. The van der Waals surface area contributed by atoms with Crippen LogP contribution in [-0.4, -0.2) is 24.0 Å². The van der Waals surface area contributed by atoms with Crippen molar-refractivity contribution in [2.24, 2.45) is 17.6 Å². The van der Waals surface area contributed by atoms with Crippen molar-refractivity contribution in [3.05, 3.63) is 22.4 Å². The summed E-state index contributed by atoms with van der Waals surface area (Å²) < 4.78 is 0. The molecule has 1 fully saturated rings. The van der Waals surface area contributed by atoms with Gasteiger partial charge >= 0.3 is 0 Å². The van der Waals surface area contributed by atoms with Crippen molar-refractivity contribution in [1.29, 1.82) is 0 Å². The molecule has 0 spiro atoms. The fourth-order valence-electron chi connectivity index (χ4n) is 3.12. The minimum absolute atomic E-state index is 0.234. The van der Waals surface area contributed by atoms with Gasteiger partial charge in [-0.1, -0.05) is 19.9 Å². The largest absolute Gasteiger partial charge is 0.329 e. The molecule has 0 bridgehead atoms. The van der Waals surface area contributed by atoms with Gasteiger partial charge in [0.2, 0.25) is 0 Å². The summed E-state index contributed by atoms with van der Waals surface area (Å²) >= 11 is 1.85. The predicted octanol–water partition coefficient (Wildman–Crippen LogP) is 3.50. The molecule has 0 aliphatic heterocycles. The Kier molecular flexibility index (Phi) is 4.15. The summed E-state index contributed by atoms with van der Waals surface area (Å²) in [6.07, 6.45) is 2.51. The number of nitrogens with zero attached hydrogens (tertiary/aromatic N) is 1. The SMILES string of the molecule is CC(C)C1CC(CN)(N(C)C(C)c2cccs2)C1. The van der Waals surface area contributed by atoms with E-state index in [2.05, 4.69) is 50.2 Å². The third-order valence-electron chi connectivity index (χ3n) is 4.89. The summed E-state index contributed by atoms with van der Waals surface area (Å²) in [4.78, 5) is 3.95. The molecule has 1 saturated carbocycles. The monoisotopic (exact) mass is 266 g/mol. The molecule has 1 aromatic heterocycles. The second-order valence-electron chi connectivity index (χ2n) is 6.14. The summed E-state index contributed by atoms with van der Waals surface area (Å²) in [5.41, 5.74) is 6.32. The zero-order valence-corrected chi connectivity index (χ0v) is 12.8. The van der Waals surface area contributed by atoms with Gasteiger partial charge in [-0.15, -0.1) is 11.3 Å². The van der Waals surface area contributed by atoms with E-state index in [9.17, 15) is 0 Å². The number of thiophene rings is 1. The van der Waals surface area contributed by atoms with Gasteiger partial charge in [0, 0.05) is 23.0 Å². The summed E-state index contributed by atoms with van der Waals surface area (Å²) in [5, 5.41) is 2.16. The minimum atomic E-state index is 0.234. The highest BCUT2D eigenvalue weighted by molar-refractivity contribution is 7.10. The van der Waals surface area contributed by atoms with E-state index in [1.165, 1.54) is 17.7 Å². The molecule has 0 radical (unpaired) electrons. The van der Waals surface area contributed by atoms with Crippen molar-refractivity contribution in [3.63, 3.8) is 0 Å². The van der Waals surface area contributed by atoms with Gasteiger partial charge in [0.1, 0.15) is 0 Å². The van der Waals surface area contributed by atoms with Crippen LogP contribution in [0.4, 0.5) is 0 Å². The van der Waals surface area contributed by atoms with Crippen LogP contribution < -0.4 is 5.73 Å². The van der Waals surface area contributed by atoms with Crippen LogP contribution in [0.5, 0.6) is 0 Å². The second-order valence-corrected chi connectivity index (χ2v) is 7.12. The van der Waals surface area contributed by atoms with E-state index >= 15 is 0 Å². The maximum atomic E-state index is 6.08. The molecule has 1 aliphatic carbocycles. The topological polar surface area (TPSA) is 29.3 Å². The molecule has 2 nitrogen and oxygen atoms in total. The number of hydrogen-bond donors (Lipinski definition) is 1. The van der Waals surface area contributed by atoms with E-state index in [4.69, 9.17) is 5.73 Å². The van der Waals surface area contributed by atoms with Crippen LogP contribution in [0.25, 0.3) is 0 Å². The van der Waals surface area contributed by atoms with Gasteiger partial charge in [-0.25, -0.2) is 0 Å². The highest BCUT2D eigenvalue weighted by atomic mass is 32.1. The van der Waals surface area contributed by atoms with E-state index in [1.54, 1.807) is 0 Å². The van der Waals surface area contributed by atoms with Gasteiger partial charge in [-0.2, -0.15) is 0 Å². The number of hydrogen-bond acceptors (Lipinski definition) is 3. The standard InChI is InChI=1S/C15H26N2S/c1-11(2)13-8-15(9-13,10-16)17(4)12(3)14-6-5-7-18-14/h5-7,11-13H,8-10,16H2,1-4H3. The summed E-state index contributed by atoms with van der Waals surface area (Å²) in [6.45, 7) is 7.73. The van der Waals surface area contributed by atoms with Crippen LogP contribution in [0.3, 0.4) is 0 Å². The molecule has 1 atom stereocenters. The lowest BCUT2D eigenvalue weighted by Gasteiger charge is -2.56. The van der Waals surface area contributed by atoms with Crippen molar-refractivity contribution < 1.29 is 0 Å². The van der Waals surface area contributed by atoms with Gasteiger partial charge < -0.3 is 5.73 Å². The molecule has 1 unspecified atom stereocenters. The Hall–Kier alpha value is -0.380. The van der Waals surface area contributed by atoms with Crippen LogP contribution in [0, 0.1) is 11.8 Å². The summed E-state index contributed by atoms with van der Waals surface area (Å²) in [6, 6.07) is 4.84. The average Bonchev–Trinajstić information content (AvgIpc) is 2.80. The molecule has 2 rings (SSSR count). The third kappa shape index (κ3) is 2.36. The first-order valence-electron chi connectivity index (χ1n) is 6.96. The molecule has 0 aromatic carbocycles. The molecule has 1 aliphatic rings. The Labute approximate surface area is 115 Å². The number of likely N-dealkylation sites (N-methyl/N-ethyl adjacent to an activating group) is 1. The van der Waals surface area contributed by atoms with Crippen molar-refractivity contribution in [2.75, 3.05) is 13.6 Å². The first-order valence-corrected chi connectivity index (χ1v) is 7.84. The van der Waals surface area contributed by atoms with Crippen molar-refractivity contribution in [1.82, 2.24) is 4.90 Å². The van der Waals surface area contributed by atoms with E-state index < -0.39 is 0 Å². The lowest BCUT2D eigenvalue weighted by Crippen LogP contribution is -2.61. The Bertz CT molecular complexity index is 366. The van der Waals surface area contributed by atoms with E-state index in [-0.39, 0.29) is 5.54 Å². The smallest absolute Gasteiger partial charge is 0.0416 e. The molecule has 1 aromatic rings. The summed E-state index contributed by atoms with van der Waals surface area (Å²) in [5.74, 6) is 1.64. The molecule has 0 saturated heterocycles. The van der Waals surface area contributed by atoms with Gasteiger partial charge in [-0.05, 0) is 50.1 Å². The van der Waals surface area contributed by atoms with Crippen molar-refractivity contribution >= 4 is 11.3 Å². The van der Waals surface area contributed by atoms with Gasteiger partial charge in [0.05, 0.1) is 0 Å². The van der Waals surface area contributed by atoms with Gasteiger partial charge in [0.25, 0.3) is 0 Å². The lowest BCUT2D eigenvalue weighted by molar-refractivity contribution is -0.0396. The van der Waals surface area contributed by atoms with Crippen molar-refractivity contribution in [2.45, 2.75) is 45.2 Å². The van der Waals surface area contributed by atoms with Crippen LogP contribution in [0.15, 0.2) is 17.5 Å². The maximum Gasteiger partial charge on any atom is 0.0416 e. The minimum Gasteiger partial charge on any atom is -0.329 e. The zero-order chi connectivity index (χ0) is 13.3. The quantitative estimate of drug-likeness (QED) is 0.884. The molecule has 3 heteroatoms. The molecule has 18 heavy (non-hydrogen) atoms. The first kappa shape index (κ1) is 14.0. The Morgan fingerprint density at radius 3 is 2.56 bits per heavy atom. The molecule has 0 amide bonds. The zero-order valence-electron chi connectivity index (χ0n) is 12.0. The highest BCUT2D eigenvalue weighted by Gasteiger charge is 2.48. The Balaban J connectivity index is 2.05. The molecule has 2 N–H and O–H groups in total. The second kappa shape index (κ2) is 5.32. The molecular weight excluding hydrogens is 240 g/mol. The first-order chi connectivity index (χ1) is 8.50. The number of nitrogens with two attached hydrogens (primary N) is 1. The van der Waals surface area contributed by atoms with Crippen LogP contribution in [0.1, 0.15) is 44.5 Å². The molecular formula is C15H26N2S. The number of rotatable bonds is 5. The van der Waals surface area contributed by atoms with Crippen LogP contribution in [0.2, 0.25) is 0 Å². The predicted molar refractivity (Wildman–Crippen MR) is 79.8 cm³/mol. The van der Waals surface area contributed by atoms with Crippen LogP contribution >= 0.6 is 11.3 Å². The molecule has 102 valence electrons. The lowest BCUT2D eigenvalue weighted by atomic mass is 9.63.